The Morgan fingerprint density at radius 2 is 2.05 bits per heavy atom. The molecule has 0 saturated carbocycles. The summed E-state index contributed by atoms with van der Waals surface area (Å²) < 4.78 is 2.86. The van der Waals surface area contributed by atoms with E-state index in [1.54, 1.807) is 17.2 Å². The Labute approximate surface area is 125 Å². The quantitative estimate of drug-likeness (QED) is 0.800. The number of benzene rings is 1. The summed E-state index contributed by atoms with van der Waals surface area (Å²) in [5.41, 5.74) is 2.93. The zero-order valence-electron chi connectivity index (χ0n) is 11.2. The first-order valence-corrected chi connectivity index (χ1v) is 7.10. The minimum atomic E-state index is 0.124. The smallest absolute Gasteiger partial charge is 0.156 e. The Hall–Kier alpha value is -1.95. The van der Waals surface area contributed by atoms with Crippen molar-refractivity contribution in [3.05, 3.63) is 46.8 Å². The van der Waals surface area contributed by atoms with Gasteiger partial charge in [0.05, 0.1) is 12.2 Å². The normalized spacial score (nSPS) is 12.6. The van der Waals surface area contributed by atoms with E-state index in [4.69, 9.17) is 0 Å². The predicted octanol–water partition coefficient (Wildman–Crippen LogP) is 3.30. The van der Waals surface area contributed by atoms with Gasteiger partial charge in [0.2, 0.25) is 0 Å². The molecule has 0 fully saturated rings. The van der Waals surface area contributed by atoms with E-state index in [0.29, 0.717) is 0 Å². The van der Waals surface area contributed by atoms with Gasteiger partial charge in [-0.05, 0) is 18.6 Å². The van der Waals surface area contributed by atoms with Crippen molar-refractivity contribution >= 4 is 32.8 Å². The van der Waals surface area contributed by atoms with Gasteiger partial charge in [0, 0.05) is 11.5 Å². The summed E-state index contributed by atoms with van der Waals surface area (Å²) in [7, 11) is 1.89. The fourth-order valence-corrected chi connectivity index (χ4v) is 2.85. The number of aromatic nitrogens is 4. The van der Waals surface area contributed by atoms with Gasteiger partial charge < -0.3 is 5.32 Å². The number of nitrogens with one attached hydrogen (secondary N) is 1. The average Bonchev–Trinajstić information content (AvgIpc) is 2.82. The number of aryl methyl sites for hydroxylation is 1. The highest BCUT2D eigenvalue weighted by Gasteiger charge is 2.13. The number of nitrogens with zero attached hydrogens (tertiary/aromatic N) is 4. The lowest BCUT2D eigenvalue weighted by Gasteiger charge is -2.17. The Kier molecular flexibility index (Phi) is 3.40. The summed E-state index contributed by atoms with van der Waals surface area (Å²) in [5.74, 6) is 0.790. The van der Waals surface area contributed by atoms with Gasteiger partial charge in [-0.2, -0.15) is 5.10 Å². The first kappa shape index (κ1) is 13.1. The molecule has 0 unspecified atom stereocenters. The van der Waals surface area contributed by atoms with Crippen LogP contribution in [-0.2, 0) is 7.05 Å². The number of anilines is 1. The summed E-state index contributed by atoms with van der Waals surface area (Å²) in [4.78, 5) is 8.55. The molecule has 0 amide bonds. The highest BCUT2D eigenvalue weighted by Crippen LogP contribution is 2.27. The number of halogens is 1. The number of rotatable bonds is 3. The van der Waals surface area contributed by atoms with Crippen molar-refractivity contribution in [1.29, 1.82) is 0 Å². The molecule has 2 heterocycles. The third-order valence-electron chi connectivity index (χ3n) is 3.25. The third-order valence-corrected chi connectivity index (χ3v) is 3.97. The van der Waals surface area contributed by atoms with Gasteiger partial charge in [-0.1, -0.05) is 34.1 Å². The molecule has 0 aliphatic heterocycles. The molecular formula is C14H14BrN5. The SMILES string of the molecule is C[C@@H](Nc1ncnc2cnn(C)c12)c1ccccc1Br. The number of hydrogen-bond donors (Lipinski definition) is 1. The maximum absolute atomic E-state index is 4.34. The van der Waals surface area contributed by atoms with E-state index >= 15 is 0 Å². The van der Waals surface area contributed by atoms with Crippen LogP contribution < -0.4 is 5.32 Å². The highest BCUT2D eigenvalue weighted by molar-refractivity contribution is 9.10. The molecule has 6 heteroatoms. The molecule has 1 atom stereocenters. The van der Waals surface area contributed by atoms with Gasteiger partial charge in [-0.15, -0.1) is 0 Å². The fraction of sp³-hybridized carbons (Fsp3) is 0.214. The molecule has 20 heavy (non-hydrogen) atoms. The molecule has 2 aromatic heterocycles. The molecule has 5 nitrogen and oxygen atoms in total. The van der Waals surface area contributed by atoms with Crippen LogP contribution in [0.25, 0.3) is 11.0 Å². The van der Waals surface area contributed by atoms with Crippen LogP contribution in [0.1, 0.15) is 18.5 Å². The molecule has 3 aromatic rings. The zero-order valence-corrected chi connectivity index (χ0v) is 12.8. The van der Waals surface area contributed by atoms with E-state index in [1.807, 2.05) is 25.2 Å². The third kappa shape index (κ3) is 2.27. The van der Waals surface area contributed by atoms with Gasteiger partial charge >= 0.3 is 0 Å². The lowest BCUT2D eigenvalue weighted by atomic mass is 10.1. The van der Waals surface area contributed by atoms with Crippen molar-refractivity contribution in [3.63, 3.8) is 0 Å². The van der Waals surface area contributed by atoms with Crippen LogP contribution in [-0.4, -0.2) is 19.7 Å². The minimum Gasteiger partial charge on any atom is -0.362 e. The maximum atomic E-state index is 4.34. The van der Waals surface area contributed by atoms with Crippen LogP contribution in [0.5, 0.6) is 0 Å². The predicted molar refractivity (Wildman–Crippen MR) is 82.5 cm³/mol. The van der Waals surface area contributed by atoms with E-state index in [2.05, 4.69) is 49.3 Å². The van der Waals surface area contributed by atoms with E-state index < -0.39 is 0 Å². The second-order valence-corrected chi connectivity index (χ2v) is 5.47. The maximum Gasteiger partial charge on any atom is 0.156 e. The van der Waals surface area contributed by atoms with Crippen molar-refractivity contribution in [3.8, 4) is 0 Å². The molecule has 0 bridgehead atoms. The first-order chi connectivity index (χ1) is 9.66. The zero-order chi connectivity index (χ0) is 14.1. The number of fused-ring (bicyclic) bond motifs is 1. The lowest BCUT2D eigenvalue weighted by molar-refractivity contribution is 0.791. The first-order valence-electron chi connectivity index (χ1n) is 6.30. The van der Waals surface area contributed by atoms with Crippen LogP contribution in [0.3, 0.4) is 0 Å². The molecule has 0 aliphatic rings. The Bertz CT molecular complexity index is 752. The highest BCUT2D eigenvalue weighted by atomic mass is 79.9. The molecule has 0 radical (unpaired) electrons. The fourth-order valence-electron chi connectivity index (χ4n) is 2.22. The molecule has 1 aromatic carbocycles. The summed E-state index contributed by atoms with van der Waals surface area (Å²) in [6.07, 6.45) is 3.30. The van der Waals surface area contributed by atoms with Gasteiger partial charge in [0.15, 0.2) is 5.82 Å². The van der Waals surface area contributed by atoms with Gasteiger partial charge in [-0.25, -0.2) is 9.97 Å². The van der Waals surface area contributed by atoms with E-state index in [0.717, 1.165) is 21.3 Å². The van der Waals surface area contributed by atoms with E-state index in [1.165, 1.54) is 5.56 Å². The van der Waals surface area contributed by atoms with Crippen molar-refractivity contribution in [2.45, 2.75) is 13.0 Å². The Morgan fingerprint density at radius 3 is 2.85 bits per heavy atom. The molecule has 0 aliphatic carbocycles. The molecular weight excluding hydrogens is 318 g/mol. The van der Waals surface area contributed by atoms with Gasteiger partial charge in [0.1, 0.15) is 17.4 Å². The monoisotopic (exact) mass is 331 g/mol. The van der Waals surface area contributed by atoms with Crippen molar-refractivity contribution < 1.29 is 0 Å². The second-order valence-electron chi connectivity index (χ2n) is 4.61. The summed E-state index contributed by atoms with van der Waals surface area (Å²) in [6, 6.07) is 8.28. The summed E-state index contributed by atoms with van der Waals surface area (Å²) in [6.45, 7) is 2.10. The van der Waals surface area contributed by atoms with Crippen LogP contribution in [0.15, 0.2) is 41.3 Å². The standard InChI is InChI=1S/C14H14BrN5/c1-9(10-5-3-4-6-11(10)15)19-14-13-12(16-8-17-14)7-18-20(13)2/h3-9H,1-2H3,(H,16,17,19)/t9-/m1/s1. The topological polar surface area (TPSA) is 55.6 Å². The Morgan fingerprint density at radius 1 is 1.25 bits per heavy atom. The van der Waals surface area contributed by atoms with Crippen molar-refractivity contribution in [1.82, 2.24) is 19.7 Å². The van der Waals surface area contributed by atoms with Crippen LogP contribution >= 0.6 is 15.9 Å². The molecule has 3 rings (SSSR count). The van der Waals surface area contributed by atoms with Crippen LogP contribution in [0, 0.1) is 0 Å². The second kappa shape index (κ2) is 5.20. The molecule has 0 saturated heterocycles. The average molecular weight is 332 g/mol. The van der Waals surface area contributed by atoms with Crippen molar-refractivity contribution in [2.24, 2.45) is 7.05 Å². The number of hydrogen-bond acceptors (Lipinski definition) is 4. The van der Waals surface area contributed by atoms with E-state index in [-0.39, 0.29) is 6.04 Å². The van der Waals surface area contributed by atoms with Gasteiger partial charge in [-0.3, -0.25) is 4.68 Å². The largest absolute Gasteiger partial charge is 0.362 e. The lowest BCUT2D eigenvalue weighted by Crippen LogP contribution is -2.10. The van der Waals surface area contributed by atoms with Crippen LogP contribution in [0.4, 0.5) is 5.82 Å². The molecule has 1 N–H and O–H groups in total. The molecule has 102 valence electrons. The van der Waals surface area contributed by atoms with E-state index in [9.17, 15) is 0 Å². The summed E-state index contributed by atoms with van der Waals surface area (Å²) >= 11 is 3.58. The Balaban J connectivity index is 1.97. The van der Waals surface area contributed by atoms with Crippen LogP contribution in [0.2, 0.25) is 0 Å². The minimum absolute atomic E-state index is 0.124. The van der Waals surface area contributed by atoms with Gasteiger partial charge in [0.25, 0.3) is 0 Å². The molecule has 0 spiro atoms. The van der Waals surface area contributed by atoms with Crippen molar-refractivity contribution in [2.75, 3.05) is 5.32 Å². The summed E-state index contributed by atoms with van der Waals surface area (Å²) in [5, 5.41) is 7.65.